The molecular weight excluding hydrogens is 476 g/mol. The van der Waals surface area contributed by atoms with Gasteiger partial charge in [-0.05, 0) is 61.7 Å². The van der Waals surface area contributed by atoms with Gasteiger partial charge in [0.1, 0.15) is 17.3 Å². The minimum absolute atomic E-state index is 0.00418. The fraction of sp³-hybridized carbons (Fsp3) is 0.280. The first kappa shape index (κ1) is 23.7. The molecule has 1 atom stereocenters. The van der Waals surface area contributed by atoms with Gasteiger partial charge in [-0.3, -0.25) is 0 Å². The second kappa shape index (κ2) is 9.21. The summed E-state index contributed by atoms with van der Waals surface area (Å²) >= 11 is 0. The van der Waals surface area contributed by atoms with Crippen molar-refractivity contribution in [1.29, 1.82) is 0 Å². The Morgan fingerprint density at radius 2 is 1.94 bits per heavy atom. The van der Waals surface area contributed by atoms with E-state index in [4.69, 9.17) is 4.74 Å². The Balaban J connectivity index is 1.44. The summed E-state index contributed by atoms with van der Waals surface area (Å²) in [4.78, 5) is 13.2. The second-order valence-electron chi connectivity index (χ2n) is 8.50. The third-order valence-electron chi connectivity index (χ3n) is 6.04. The highest BCUT2D eigenvalue weighted by Crippen LogP contribution is 2.40. The number of fused-ring (bicyclic) bond motifs is 1. The van der Waals surface area contributed by atoms with E-state index in [2.05, 4.69) is 20.1 Å². The van der Waals surface area contributed by atoms with Crippen LogP contribution in [0.2, 0.25) is 0 Å². The monoisotopic (exact) mass is 498 g/mol. The topological polar surface area (TPSA) is 70.7 Å². The van der Waals surface area contributed by atoms with Crippen LogP contribution in [0, 0.1) is 12.7 Å². The zero-order valence-corrected chi connectivity index (χ0v) is 19.5. The number of nitrogens with zero attached hydrogens (tertiary/aromatic N) is 6. The molecule has 0 amide bonds. The largest absolute Gasteiger partial charge is 0.479 e. The van der Waals surface area contributed by atoms with Gasteiger partial charge in [-0.25, -0.2) is 24.0 Å². The number of rotatable bonds is 5. The van der Waals surface area contributed by atoms with Crippen LogP contribution in [-0.2, 0) is 12.7 Å². The van der Waals surface area contributed by atoms with Crippen LogP contribution in [0.1, 0.15) is 52.9 Å². The van der Waals surface area contributed by atoms with E-state index in [0.29, 0.717) is 48.7 Å². The normalized spacial score (nSPS) is 15.9. The van der Waals surface area contributed by atoms with Gasteiger partial charge in [-0.1, -0.05) is 6.07 Å². The van der Waals surface area contributed by atoms with Gasteiger partial charge in [0.05, 0.1) is 30.4 Å². The molecule has 1 aromatic carbocycles. The predicted octanol–water partition coefficient (Wildman–Crippen LogP) is 5.43. The summed E-state index contributed by atoms with van der Waals surface area (Å²) in [6, 6.07) is 6.44. The molecule has 1 aliphatic rings. The quantitative estimate of drug-likeness (QED) is 0.343. The molecule has 1 unspecified atom stereocenters. The first-order valence-electron chi connectivity index (χ1n) is 11.3. The number of methoxy groups -OCH3 is 1. The second-order valence-corrected chi connectivity index (χ2v) is 8.50. The third kappa shape index (κ3) is 4.60. The Morgan fingerprint density at radius 3 is 2.67 bits per heavy atom. The van der Waals surface area contributed by atoms with Gasteiger partial charge in [0.15, 0.2) is 5.82 Å². The van der Waals surface area contributed by atoms with Gasteiger partial charge in [-0.15, -0.1) is 0 Å². The smallest absolute Gasteiger partial charge is 0.416 e. The Morgan fingerprint density at radius 1 is 1.11 bits per heavy atom. The highest BCUT2D eigenvalue weighted by molar-refractivity contribution is 5.65. The fourth-order valence-corrected chi connectivity index (χ4v) is 4.41. The average Bonchev–Trinajstić information content (AvgIpc) is 3.47. The Kier molecular flexibility index (Phi) is 6.07. The highest BCUT2D eigenvalue weighted by Gasteiger charge is 2.38. The summed E-state index contributed by atoms with van der Waals surface area (Å²) in [5.41, 5.74) is 1.20. The van der Waals surface area contributed by atoms with Crippen LogP contribution in [0.4, 0.5) is 17.6 Å². The van der Waals surface area contributed by atoms with E-state index in [-0.39, 0.29) is 5.56 Å². The first-order chi connectivity index (χ1) is 17.2. The molecule has 4 aromatic rings. The van der Waals surface area contributed by atoms with Gasteiger partial charge in [0.25, 0.3) is 0 Å². The van der Waals surface area contributed by atoms with Crippen LogP contribution in [0.25, 0.3) is 17.8 Å². The van der Waals surface area contributed by atoms with Crippen LogP contribution in [0.3, 0.4) is 0 Å². The van der Waals surface area contributed by atoms with E-state index in [0.717, 1.165) is 17.4 Å². The molecule has 0 fully saturated rings. The molecule has 7 nitrogen and oxygen atoms in total. The number of benzene rings is 1. The maximum atomic E-state index is 13.6. The molecule has 5 rings (SSSR count). The summed E-state index contributed by atoms with van der Waals surface area (Å²) in [6.45, 7) is 2.43. The summed E-state index contributed by atoms with van der Waals surface area (Å²) in [5.74, 6) is -0.384. The molecule has 0 saturated heterocycles. The predicted molar refractivity (Wildman–Crippen MR) is 124 cm³/mol. The number of hydrogen-bond acceptors (Lipinski definition) is 5. The summed E-state index contributed by atoms with van der Waals surface area (Å²) < 4.78 is 63.4. The van der Waals surface area contributed by atoms with E-state index < -0.39 is 23.5 Å². The van der Waals surface area contributed by atoms with Crippen molar-refractivity contribution >= 4 is 12.2 Å². The lowest BCUT2D eigenvalue weighted by Gasteiger charge is -2.25. The zero-order valence-electron chi connectivity index (χ0n) is 19.5. The lowest BCUT2D eigenvalue weighted by molar-refractivity contribution is -0.138. The van der Waals surface area contributed by atoms with Crippen molar-refractivity contribution in [1.82, 2.24) is 29.3 Å². The number of halogens is 4. The van der Waals surface area contributed by atoms with Gasteiger partial charge in [0.2, 0.25) is 5.88 Å². The van der Waals surface area contributed by atoms with E-state index in [1.807, 2.05) is 23.8 Å². The van der Waals surface area contributed by atoms with E-state index in [9.17, 15) is 17.6 Å². The zero-order chi connectivity index (χ0) is 25.4. The molecular formula is C25H22F4N6O. The third-order valence-corrected chi connectivity index (χ3v) is 6.04. The van der Waals surface area contributed by atoms with Crippen LogP contribution in [0.5, 0.6) is 5.88 Å². The summed E-state index contributed by atoms with van der Waals surface area (Å²) in [5, 5.41) is 4.45. The van der Waals surface area contributed by atoms with Crippen molar-refractivity contribution in [2.45, 2.75) is 38.4 Å². The molecule has 0 aliphatic carbocycles. The number of ether oxygens (including phenoxy) is 1. The minimum atomic E-state index is -4.67. The van der Waals surface area contributed by atoms with Crippen LogP contribution < -0.4 is 4.74 Å². The minimum Gasteiger partial charge on any atom is -0.479 e. The molecule has 0 saturated carbocycles. The van der Waals surface area contributed by atoms with Crippen molar-refractivity contribution < 1.29 is 22.3 Å². The molecule has 186 valence electrons. The molecule has 3 aromatic heterocycles. The molecule has 0 N–H and O–H groups in total. The first-order valence-corrected chi connectivity index (χ1v) is 11.3. The number of aryl methyl sites for hydroxylation is 2. The van der Waals surface area contributed by atoms with Crippen molar-refractivity contribution in [2.24, 2.45) is 0 Å². The molecule has 0 spiro atoms. The van der Waals surface area contributed by atoms with E-state index in [1.165, 1.54) is 13.2 Å². The molecule has 0 radical (unpaired) electrons. The molecule has 36 heavy (non-hydrogen) atoms. The number of alkyl halides is 3. The lowest BCUT2D eigenvalue weighted by Crippen LogP contribution is -2.21. The molecule has 0 bridgehead atoms. The maximum Gasteiger partial charge on any atom is 0.416 e. The van der Waals surface area contributed by atoms with Crippen molar-refractivity contribution in [3.8, 4) is 11.6 Å². The van der Waals surface area contributed by atoms with E-state index in [1.54, 1.807) is 29.2 Å². The standard InChI is InChI=1S/C25H22F4N6O/c1-15-13-34(14-30-15)21-9-6-17(31-24(21)36-2)7-10-22-32-23-19(4-3-11-35(23)33-22)18-8-5-16(26)12-20(18)25(27,28)29/h5-10,12-14,19H,3-4,11H2,1-2H3/b10-7+. The molecule has 4 heterocycles. The lowest BCUT2D eigenvalue weighted by atomic mass is 9.87. The highest BCUT2D eigenvalue weighted by atomic mass is 19.4. The average molecular weight is 498 g/mol. The van der Waals surface area contributed by atoms with Crippen molar-refractivity contribution in [3.63, 3.8) is 0 Å². The summed E-state index contributed by atoms with van der Waals surface area (Å²) in [7, 11) is 1.53. The Labute approximate surface area is 204 Å². The van der Waals surface area contributed by atoms with E-state index >= 15 is 0 Å². The van der Waals surface area contributed by atoms with Gasteiger partial charge < -0.3 is 9.30 Å². The summed E-state index contributed by atoms with van der Waals surface area (Å²) in [6.07, 6.45) is 3.31. The maximum absolute atomic E-state index is 13.6. The Hall–Kier alpha value is -4.02. The molecule has 1 aliphatic heterocycles. The number of pyridine rings is 1. The van der Waals surface area contributed by atoms with Gasteiger partial charge in [0, 0.05) is 18.7 Å². The Bertz CT molecular complexity index is 1440. The molecule has 11 heteroatoms. The number of aromatic nitrogens is 6. The van der Waals surface area contributed by atoms with Crippen molar-refractivity contribution in [3.05, 3.63) is 82.8 Å². The SMILES string of the molecule is COc1nc(/C=C/c2nc3n(n2)CCCC3c2ccc(F)cc2C(F)(F)F)ccc1-n1cnc(C)c1. The van der Waals surface area contributed by atoms with Crippen LogP contribution in [-0.4, -0.2) is 36.4 Å². The van der Waals surface area contributed by atoms with Crippen LogP contribution in [0.15, 0.2) is 42.9 Å². The van der Waals surface area contributed by atoms with Crippen molar-refractivity contribution in [2.75, 3.05) is 7.11 Å². The van der Waals surface area contributed by atoms with Gasteiger partial charge in [-0.2, -0.15) is 18.3 Å². The number of hydrogen-bond donors (Lipinski definition) is 0. The number of imidazole rings is 1. The fourth-order valence-electron chi connectivity index (χ4n) is 4.41. The van der Waals surface area contributed by atoms with Crippen LogP contribution >= 0.6 is 0 Å². The van der Waals surface area contributed by atoms with Gasteiger partial charge >= 0.3 is 6.18 Å².